The standard InChI is InChI=1S/C13H14N2O3/c1-13(2,3)15-11(17)9-5-4-8(14-7-16)6-10(9)12(15)18/h4-7H,1-3H3,(H,14,16). The fraction of sp³-hybridized carbons (Fsp3) is 0.308. The third kappa shape index (κ3) is 1.77. The molecule has 0 bridgehead atoms. The van der Waals surface area contributed by atoms with E-state index in [2.05, 4.69) is 5.32 Å². The van der Waals surface area contributed by atoms with Crippen molar-refractivity contribution in [3.8, 4) is 0 Å². The molecule has 0 radical (unpaired) electrons. The van der Waals surface area contributed by atoms with Crippen LogP contribution in [0, 0.1) is 0 Å². The minimum atomic E-state index is -0.564. The number of carbonyl (C=O) groups excluding carboxylic acids is 3. The van der Waals surface area contributed by atoms with E-state index in [1.54, 1.807) is 32.9 Å². The number of hydrogen-bond donors (Lipinski definition) is 1. The molecule has 2 rings (SSSR count). The predicted molar refractivity (Wildman–Crippen MR) is 66.4 cm³/mol. The Labute approximate surface area is 105 Å². The molecule has 1 aliphatic heterocycles. The molecule has 1 N–H and O–H groups in total. The zero-order chi connectivity index (χ0) is 13.5. The van der Waals surface area contributed by atoms with Gasteiger partial charge in [-0.15, -0.1) is 0 Å². The number of benzene rings is 1. The highest BCUT2D eigenvalue weighted by molar-refractivity contribution is 6.22. The van der Waals surface area contributed by atoms with Gasteiger partial charge in [-0.3, -0.25) is 19.3 Å². The predicted octanol–water partition coefficient (Wildman–Crippen LogP) is 1.65. The van der Waals surface area contributed by atoms with E-state index in [9.17, 15) is 14.4 Å². The SMILES string of the molecule is CC(C)(C)N1C(=O)c2ccc(NC=O)cc2C1=O. The lowest BCUT2D eigenvalue weighted by Gasteiger charge is -2.29. The summed E-state index contributed by atoms with van der Waals surface area (Å²) in [4.78, 5) is 35.9. The van der Waals surface area contributed by atoms with E-state index in [1.807, 2.05) is 0 Å². The Bertz CT molecular complexity index is 544. The minimum Gasteiger partial charge on any atom is -0.329 e. The second-order valence-corrected chi connectivity index (χ2v) is 5.14. The largest absolute Gasteiger partial charge is 0.329 e. The van der Waals surface area contributed by atoms with Crippen LogP contribution in [-0.2, 0) is 4.79 Å². The smallest absolute Gasteiger partial charge is 0.262 e. The van der Waals surface area contributed by atoms with Gasteiger partial charge in [-0.2, -0.15) is 0 Å². The number of anilines is 1. The number of nitrogens with zero attached hydrogens (tertiary/aromatic N) is 1. The number of nitrogens with one attached hydrogen (secondary N) is 1. The van der Waals surface area contributed by atoms with E-state index in [0.717, 1.165) is 0 Å². The Kier molecular flexibility index (Phi) is 2.69. The second kappa shape index (κ2) is 3.94. The number of fused-ring (bicyclic) bond motifs is 1. The van der Waals surface area contributed by atoms with Gasteiger partial charge in [-0.1, -0.05) is 0 Å². The third-order valence-corrected chi connectivity index (χ3v) is 2.78. The van der Waals surface area contributed by atoms with Crippen molar-refractivity contribution in [3.05, 3.63) is 29.3 Å². The van der Waals surface area contributed by atoms with Gasteiger partial charge in [0.25, 0.3) is 11.8 Å². The van der Waals surface area contributed by atoms with Crippen molar-refractivity contribution in [2.24, 2.45) is 0 Å². The van der Waals surface area contributed by atoms with Crippen LogP contribution in [0.5, 0.6) is 0 Å². The van der Waals surface area contributed by atoms with Gasteiger partial charge in [-0.05, 0) is 39.0 Å². The summed E-state index contributed by atoms with van der Waals surface area (Å²) in [7, 11) is 0. The van der Waals surface area contributed by atoms with E-state index in [0.29, 0.717) is 23.2 Å². The Hall–Kier alpha value is -2.17. The first-order chi connectivity index (χ1) is 8.36. The maximum Gasteiger partial charge on any atom is 0.262 e. The van der Waals surface area contributed by atoms with Crippen molar-refractivity contribution in [2.45, 2.75) is 26.3 Å². The average molecular weight is 246 g/mol. The van der Waals surface area contributed by atoms with E-state index < -0.39 is 5.54 Å². The highest BCUT2D eigenvalue weighted by atomic mass is 16.2. The topological polar surface area (TPSA) is 66.5 Å². The third-order valence-electron chi connectivity index (χ3n) is 2.78. The summed E-state index contributed by atoms with van der Waals surface area (Å²) in [5.74, 6) is -0.614. The fourth-order valence-corrected chi connectivity index (χ4v) is 2.01. The van der Waals surface area contributed by atoms with Gasteiger partial charge in [0.1, 0.15) is 0 Å². The second-order valence-electron chi connectivity index (χ2n) is 5.14. The van der Waals surface area contributed by atoms with Gasteiger partial charge < -0.3 is 5.32 Å². The first-order valence-corrected chi connectivity index (χ1v) is 5.59. The van der Waals surface area contributed by atoms with Crippen molar-refractivity contribution < 1.29 is 14.4 Å². The molecule has 0 saturated heterocycles. The van der Waals surface area contributed by atoms with Crippen LogP contribution in [-0.4, -0.2) is 28.7 Å². The van der Waals surface area contributed by atoms with Crippen molar-refractivity contribution in [1.29, 1.82) is 0 Å². The van der Waals surface area contributed by atoms with Gasteiger partial charge in [0, 0.05) is 11.2 Å². The molecule has 1 aliphatic rings. The Morgan fingerprint density at radius 3 is 2.28 bits per heavy atom. The van der Waals surface area contributed by atoms with Crippen LogP contribution in [0.2, 0.25) is 0 Å². The summed E-state index contributed by atoms with van der Waals surface area (Å²) in [5, 5.41) is 2.46. The summed E-state index contributed by atoms with van der Waals surface area (Å²) >= 11 is 0. The molecule has 3 amide bonds. The number of hydrogen-bond acceptors (Lipinski definition) is 3. The lowest BCUT2D eigenvalue weighted by molar-refractivity contribution is -0.105. The van der Waals surface area contributed by atoms with E-state index >= 15 is 0 Å². The maximum absolute atomic E-state index is 12.2. The summed E-state index contributed by atoms with van der Waals surface area (Å²) < 4.78 is 0. The molecule has 1 aromatic carbocycles. The van der Waals surface area contributed by atoms with Crippen LogP contribution < -0.4 is 5.32 Å². The molecular weight excluding hydrogens is 232 g/mol. The van der Waals surface area contributed by atoms with Crippen LogP contribution in [0.1, 0.15) is 41.5 Å². The van der Waals surface area contributed by atoms with Crippen LogP contribution in [0.25, 0.3) is 0 Å². The zero-order valence-electron chi connectivity index (χ0n) is 10.5. The van der Waals surface area contributed by atoms with Gasteiger partial charge in [0.15, 0.2) is 0 Å². The monoisotopic (exact) mass is 246 g/mol. The summed E-state index contributed by atoms with van der Waals surface area (Å²) in [6.45, 7) is 5.41. The highest BCUT2D eigenvalue weighted by Crippen LogP contribution is 2.30. The van der Waals surface area contributed by atoms with Crippen LogP contribution in [0.4, 0.5) is 5.69 Å². The minimum absolute atomic E-state index is 0.292. The van der Waals surface area contributed by atoms with Crippen LogP contribution >= 0.6 is 0 Å². The molecule has 1 heterocycles. The zero-order valence-corrected chi connectivity index (χ0v) is 10.5. The van der Waals surface area contributed by atoms with Gasteiger partial charge in [-0.25, -0.2) is 0 Å². The maximum atomic E-state index is 12.2. The quantitative estimate of drug-likeness (QED) is 0.637. The fourth-order valence-electron chi connectivity index (χ4n) is 2.01. The highest BCUT2D eigenvalue weighted by Gasteiger charge is 2.41. The molecule has 0 spiro atoms. The molecule has 1 aromatic rings. The van der Waals surface area contributed by atoms with E-state index in [4.69, 9.17) is 0 Å². The van der Waals surface area contributed by atoms with Crippen molar-refractivity contribution in [2.75, 3.05) is 5.32 Å². The average Bonchev–Trinajstić information content (AvgIpc) is 2.51. The van der Waals surface area contributed by atoms with E-state index in [1.165, 1.54) is 11.0 Å². The lowest BCUT2D eigenvalue weighted by Crippen LogP contribution is -2.45. The number of amides is 3. The van der Waals surface area contributed by atoms with Gasteiger partial charge in [0.2, 0.25) is 6.41 Å². The molecule has 0 aromatic heterocycles. The summed E-state index contributed by atoms with van der Waals surface area (Å²) in [6.07, 6.45) is 0.532. The molecule has 0 fully saturated rings. The normalized spacial score (nSPS) is 14.7. The summed E-state index contributed by atoms with van der Waals surface area (Å²) in [5.41, 5.74) is 0.652. The first-order valence-electron chi connectivity index (χ1n) is 5.59. The lowest BCUT2D eigenvalue weighted by atomic mass is 10.1. The molecule has 0 aliphatic carbocycles. The molecule has 0 atom stereocenters. The molecule has 0 unspecified atom stereocenters. The van der Waals surface area contributed by atoms with Crippen LogP contribution in [0.15, 0.2) is 18.2 Å². The van der Waals surface area contributed by atoms with Gasteiger partial charge >= 0.3 is 0 Å². The molecule has 18 heavy (non-hydrogen) atoms. The van der Waals surface area contributed by atoms with Crippen molar-refractivity contribution >= 4 is 23.9 Å². The van der Waals surface area contributed by atoms with Gasteiger partial charge in [0.05, 0.1) is 11.1 Å². The first kappa shape index (κ1) is 12.3. The number of rotatable bonds is 2. The molecule has 5 heteroatoms. The summed E-state index contributed by atoms with van der Waals surface area (Å²) in [6, 6.07) is 4.69. The Morgan fingerprint density at radius 1 is 1.11 bits per heavy atom. The Balaban J connectivity index is 2.49. The van der Waals surface area contributed by atoms with E-state index in [-0.39, 0.29) is 11.8 Å². The number of carbonyl (C=O) groups is 3. The molecule has 5 nitrogen and oxygen atoms in total. The molecular formula is C13H14N2O3. The number of imide groups is 1. The van der Waals surface area contributed by atoms with Crippen molar-refractivity contribution in [1.82, 2.24) is 4.90 Å². The molecule has 0 saturated carbocycles. The molecule has 94 valence electrons. The Morgan fingerprint density at radius 2 is 1.72 bits per heavy atom. The van der Waals surface area contributed by atoms with Crippen LogP contribution in [0.3, 0.4) is 0 Å². The van der Waals surface area contributed by atoms with Crippen molar-refractivity contribution in [3.63, 3.8) is 0 Å².